The molecule has 0 aliphatic heterocycles. The Hall–Kier alpha value is -2.62. The molecule has 0 heterocycles. The summed E-state index contributed by atoms with van der Waals surface area (Å²) in [5.74, 6) is -0.673. The maximum Gasteiger partial charge on any atom is 0.418 e. The lowest BCUT2D eigenvalue weighted by Gasteiger charge is -2.19. The average molecular weight is 448 g/mol. The molecule has 1 amide bonds. The second-order valence-corrected chi connectivity index (χ2v) is 7.90. The number of carbonyl (C=O) groups is 1. The van der Waals surface area contributed by atoms with E-state index in [0.29, 0.717) is 12.1 Å². The first-order valence-electron chi connectivity index (χ1n) is 8.60. The monoisotopic (exact) mass is 448 g/mol. The molecule has 0 aliphatic rings. The second-order valence-electron chi connectivity index (χ2n) is 7.49. The summed E-state index contributed by atoms with van der Waals surface area (Å²) >= 11 is 4.85. The largest absolute Gasteiger partial charge is 0.418 e. The predicted molar refractivity (Wildman–Crippen MR) is 105 cm³/mol. The van der Waals surface area contributed by atoms with E-state index in [4.69, 9.17) is 12.2 Å². The molecule has 2 aromatic rings. The van der Waals surface area contributed by atoms with Gasteiger partial charge in [-0.3, -0.25) is 10.1 Å². The van der Waals surface area contributed by atoms with E-state index in [-0.39, 0.29) is 17.0 Å². The van der Waals surface area contributed by atoms with Gasteiger partial charge in [-0.05, 0) is 53.5 Å². The number of nitrogens with one attached hydrogen (secondary N) is 2. The van der Waals surface area contributed by atoms with Crippen molar-refractivity contribution in [3.05, 3.63) is 64.7 Å². The van der Waals surface area contributed by atoms with Gasteiger partial charge in [-0.15, -0.1) is 0 Å². The number of carbonyl (C=O) groups excluding carboxylic acids is 1. The van der Waals surface area contributed by atoms with E-state index in [1.807, 2.05) is 20.8 Å². The molecule has 0 unspecified atom stereocenters. The number of rotatable bonds is 2. The van der Waals surface area contributed by atoms with Crippen LogP contribution in [0.1, 0.15) is 47.8 Å². The molecule has 2 aromatic carbocycles. The molecule has 2 rings (SSSR count). The Balaban J connectivity index is 2.18. The Morgan fingerprint density at radius 3 is 1.83 bits per heavy atom. The molecule has 10 heteroatoms. The van der Waals surface area contributed by atoms with Crippen LogP contribution in [0.25, 0.3) is 0 Å². The highest BCUT2D eigenvalue weighted by Gasteiger charge is 2.38. The van der Waals surface area contributed by atoms with Gasteiger partial charge in [0.05, 0.1) is 16.8 Å². The molecular formula is C20H18F6N2OS. The molecule has 0 saturated heterocycles. The number of halogens is 6. The lowest BCUT2D eigenvalue weighted by Crippen LogP contribution is -2.34. The van der Waals surface area contributed by atoms with Crippen molar-refractivity contribution < 1.29 is 31.1 Å². The molecular weight excluding hydrogens is 430 g/mol. The molecule has 0 aliphatic carbocycles. The topological polar surface area (TPSA) is 41.1 Å². The fraction of sp³-hybridized carbons (Fsp3) is 0.300. The van der Waals surface area contributed by atoms with Crippen LogP contribution in [0.5, 0.6) is 0 Å². The average Bonchev–Trinajstić information content (AvgIpc) is 2.59. The highest BCUT2D eigenvalue weighted by atomic mass is 32.1. The van der Waals surface area contributed by atoms with Crippen molar-refractivity contribution in [1.82, 2.24) is 5.32 Å². The summed E-state index contributed by atoms with van der Waals surface area (Å²) in [6, 6.07) is 7.65. The van der Waals surface area contributed by atoms with Crippen molar-refractivity contribution in [2.24, 2.45) is 0 Å². The van der Waals surface area contributed by atoms with Gasteiger partial charge >= 0.3 is 12.4 Å². The molecule has 0 spiro atoms. The van der Waals surface area contributed by atoms with Crippen LogP contribution in [0, 0.1) is 0 Å². The van der Waals surface area contributed by atoms with E-state index < -0.39 is 40.2 Å². The molecule has 0 atom stereocenters. The third-order valence-corrected chi connectivity index (χ3v) is 4.34. The Morgan fingerprint density at radius 1 is 0.833 bits per heavy atom. The van der Waals surface area contributed by atoms with Gasteiger partial charge in [-0.2, -0.15) is 26.3 Å². The predicted octanol–water partition coefficient (Wildman–Crippen LogP) is 6.15. The minimum atomic E-state index is -5.06. The van der Waals surface area contributed by atoms with Gasteiger partial charge in [0, 0.05) is 5.56 Å². The minimum Gasteiger partial charge on any atom is -0.332 e. The van der Waals surface area contributed by atoms with Gasteiger partial charge in [0.2, 0.25) is 0 Å². The molecule has 0 saturated carbocycles. The van der Waals surface area contributed by atoms with E-state index in [1.165, 1.54) is 12.1 Å². The summed E-state index contributed by atoms with van der Waals surface area (Å²) in [4.78, 5) is 12.3. The molecule has 30 heavy (non-hydrogen) atoms. The van der Waals surface area contributed by atoms with E-state index in [9.17, 15) is 31.1 Å². The van der Waals surface area contributed by atoms with Gasteiger partial charge in [0.15, 0.2) is 5.11 Å². The van der Waals surface area contributed by atoms with E-state index in [0.717, 1.165) is 5.56 Å². The van der Waals surface area contributed by atoms with E-state index >= 15 is 0 Å². The van der Waals surface area contributed by atoms with E-state index in [2.05, 4.69) is 10.6 Å². The fourth-order valence-corrected chi connectivity index (χ4v) is 2.72. The summed E-state index contributed by atoms with van der Waals surface area (Å²) in [6.45, 7) is 5.97. The third-order valence-electron chi connectivity index (χ3n) is 4.14. The number of anilines is 1. The zero-order valence-corrected chi connectivity index (χ0v) is 16.9. The standard InChI is InChI=1S/C20H18F6N2OS/c1-18(2,3)12-6-4-11(5-7-12)16(29)28-17(30)27-15-9-8-13(19(21,22)23)10-14(15)20(24,25)26/h4-10H,1-3H3,(H2,27,28,29,30). The van der Waals surface area contributed by atoms with Gasteiger partial charge in [-0.25, -0.2) is 0 Å². The summed E-state index contributed by atoms with van der Waals surface area (Å²) in [6.07, 6.45) is -10.0. The molecule has 0 bridgehead atoms. The van der Waals surface area contributed by atoms with Crippen LogP contribution in [-0.2, 0) is 17.8 Å². The van der Waals surface area contributed by atoms with Crippen LogP contribution in [0.15, 0.2) is 42.5 Å². The molecule has 0 radical (unpaired) electrons. The van der Waals surface area contributed by atoms with Crippen molar-refractivity contribution in [2.75, 3.05) is 5.32 Å². The van der Waals surface area contributed by atoms with Gasteiger partial charge in [0.25, 0.3) is 5.91 Å². The maximum atomic E-state index is 13.2. The Bertz CT molecular complexity index is 944. The van der Waals surface area contributed by atoms with Crippen LogP contribution in [0.4, 0.5) is 32.0 Å². The summed E-state index contributed by atoms with van der Waals surface area (Å²) in [5, 5.41) is 3.88. The molecule has 162 valence electrons. The smallest absolute Gasteiger partial charge is 0.332 e. The Morgan fingerprint density at radius 2 is 1.37 bits per heavy atom. The number of hydrogen-bond acceptors (Lipinski definition) is 2. The molecule has 0 fully saturated rings. The quantitative estimate of drug-likeness (QED) is 0.428. The first-order chi connectivity index (χ1) is 13.6. The first kappa shape index (κ1) is 23.7. The van der Waals surface area contributed by atoms with Gasteiger partial charge in [0.1, 0.15) is 0 Å². The Kier molecular flexibility index (Phi) is 6.51. The lowest BCUT2D eigenvalue weighted by molar-refractivity contribution is -0.142. The second kappa shape index (κ2) is 8.25. The Labute approximate surface area is 174 Å². The lowest BCUT2D eigenvalue weighted by atomic mass is 9.87. The highest BCUT2D eigenvalue weighted by Crippen LogP contribution is 2.39. The summed E-state index contributed by atoms with van der Waals surface area (Å²) in [7, 11) is 0. The number of alkyl halides is 6. The van der Waals surface area contributed by atoms with Gasteiger partial charge in [-0.1, -0.05) is 32.9 Å². The third kappa shape index (κ3) is 5.94. The minimum absolute atomic E-state index is 0.0159. The van der Waals surface area contributed by atoms with Crippen molar-refractivity contribution in [1.29, 1.82) is 0 Å². The van der Waals surface area contributed by atoms with Crippen molar-refractivity contribution in [3.63, 3.8) is 0 Å². The summed E-state index contributed by atoms with van der Waals surface area (Å²) < 4.78 is 77.8. The van der Waals surface area contributed by atoms with Gasteiger partial charge < -0.3 is 5.32 Å². The zero-order valence-electron chi connectivity index (χ0n) is 16.1. The van der Waals surface area contributed by atoms with Crippen LogP contribution < -0.4 is 10.6 Å². The van der Waals surface area contributed by atoms with Crippen molar-refractivity contribution in [3.8, 4) is 0 Å². The zero-order chi connectivity index (χ0) is 22.9. The van der Waals surface area contributed by atoms with Crippen LogP contribution in [0.2, 0.25) is 0 Å². The van der Waals surface area contributed by atoms with Crippen LogP contribution in [0.3, 0.4) is 0 Å². The molecule has 0 aromatic heterocycles. The number of benzene rings is 2. The van der Waals surface area contributed by atoms with Crippen LogP contribution >= 0.6 is 12.2 Å². The van der Waals surface area contributed by atoms with E-state index in [1.54, 1.807) is 12.1 Å². The number of hydrogen-bond donors (Lipinski definition) is 2. The highest BCUT2D eigenvalue weighted by molar-refractivity contribution is 7.80. The fourth-order valence-electron chi connectivity index (χ4n) is 2.51. The molecule has 3 nitrogen and oxygen atoms in total. The first-order valence-corrected chi connectivity index (χ1v) is 9.01. The molecule has 2 N–H and O–H groups in total. The maximum absolute atomic E-state index is 13.2. The number of thiocarbonyl (C=S) groups is 1. The van der Waals surface area contributed by atoms with Crippen molar-refractivity contribution >= 4 is 28.9 Å². The summed E-state index contributed by atoms with van der Waals surface area (Å²) in [5.41, 5.74) is -2.65. The van der Waals surface area contributed by atoms with Crippen LogP contribution in [-0.4, -0.2) is 11.0 Å². The normalized spacial score (nSPS) is 12.4. The number of amides is 1. The SMILES string of the molecule is CC(C)(C)c1ccc(C(=O)NC(=S)Nc2ccc(C(F)(F)F)cc2C(F)(F)F)cc1. The van der Waals surface area contributed by atoms with Crippen molar-refractivity contribution in [2.45, 2.75) is 38.5 Å².